The van der Waals surface area contributed by atoms with Gasteiger partial charge in [-0.25, -0.2) is 0 Å². The normalized spacial score (nSPS) is 32.0. The van der Waals surface area contributed by atoms with Crippen molar-refractivity contribution < 1.29 is 25.6 Å². The van der Waals surface area contributed by atoms with Crippen LogP contribution in [0.5, 0.6) is 0 Å². The fraction of sp³-hybridized carbons (Fsp3) is 0.649. The second-order valence-corrected chi connectivity index (χ2v) is 25.4. The molecule has 5 aliphatic rings. The van der Waals surface area contributed by atoms with Crippen LogP contribution in [0.1, 0.15) is 174 Å². The summed E-state index contributed by atoms with van der Waals surface area (Å²) in [7, 11) is 11.8. The van der Waals surface area contributed by atoms with Gasteiger partial charge in [-0.1, -0.05) is 149 Å². The van der Waals surface area contributed by atoms with Gasteiger partial charge in [0.15, 0.2) is 0 Å². The summed E-state index contributed by atoms with van der Waals surface area (Å²) < 4.78 is 6.22. The van der Waals surface area contributed by atoms with Crippen LogP contribution in [-0.2, 0) is 25.6 Å². The van der Waals surface area contributed by atoms with Crippen molar-refractivity contribution in [3.8, 4) is 0 Å². The molecule has 3 aromatic rings. The first-order valence-electron chi connectivity index (χ1n) is 23.7. The number of rotatable bonds is 4. The Labute approximate surface area is 396 Å². The van der Waals surface area contributed by atoms with Gasteiger partial charge in [0.25, 0.3) is 0 Å². The van der Waals surface area contributed by atoms with Crippen LogP contribution in [0.25, 0.3) is 0 Å². The molecule has 340 valence electrons. The molecular weight excluding hydrogens is 863 g/mol. The van der Waals surface area contributed by atoms with Crippen LogP contribution in [0.2, 0.25) is 0 Å². The number of aryl methyl sites for hydroxylation is 6. The summed E-state index contributed by atoms with van der Waals surface area (Å²) in [6.45, 7) is 30.1. The molecule has 0 aliphatic heterocycles. The first kappa shape index (κ1) is 54.4. The Morgan fingerprint density at radius 1 is 0.541 bits per heavy atom. The van der Waals surface area contributed by atoms with Gasteiger partial charge in [0.1, 0.15) is 0 Å². The van der Waals surface area contributed by atoms with Gasteiger partial charge in [0, 0.05) is 13.0 Å². The Morgan fingerprint density at radius 3 is 1.21 bits per heavy atom. The quantitative estimate of drug-likeness (QED) is 0.237. The van der Waals surface area contributed by atoms with E-state index in [0.29, 0.717) is 23.4 Å². The molecule has 0 radical (unpaired) electrons. The Kier molecular flexibility index (Phi) is 21.4. The van der Waals surface area contributed by atoms with Crippen molar-refractivity contribution in [2.75, 3.05) is 7.11 Å². The summed E-state index contributed by atoms with van der Waals surface area (Å²) in [4.78, 5) is 0. The summed E-state index contributed by atoms with van der Waals surface area (Å²) >= 11 is -0.826. The van der Waals surface area contributed by atoms with E-state index in [-0.39, 0.29) is 14.9 Å². The Hall–Kier alpha value is -0.917. The molecule has 0 amide bonds. The number of hydrogen-bond donors (Lipinski definition) is 0. The van der Waals surface area contributed by atoms with Gasteiger partial charge in [0.05, 0.1) is 6.10 Å². The molecule has 0 N–H and O–H groups in total. The minimum atomic E-state index is -0.826. The molecule has 3 aromatic carbocycles. The van der Waals surface area contributed by atoms with Crippen molar-refractivity contribution in [1.82, 2.24) is 0 Å². The summed E-state index contributed by atoms with van der Waals surface area (Å²) in [5, 5.41) is 0. The molecule has 0 bridgehead atoms. The predicted octanol–water partition coefficient (Wildman–Crippen LogP) is 17.7. The van der Waals surface area contributed by atoms with E-state index in [2.05, 4.69) is 145 Å². The molecule has 4 heteroatoms. The molecule has 0 aromatic heterocycles. The molecule has 0 spiro atoms. The molecular formula is C57H88Cl2OZr. The Bertz CT molecular complexity index is 1660. The topological polar surface area (TPSA) is 9.23 Å². The predicted molar refractivity (Wildman–Crippen MR) is 266 cm³/mol. The van der Waals surface area contributed by atoms with Gasteiger partial charge < -0.3 is 19.6 Å². The summed E-state index contributed by atoms with van der Waals surface area (Å²) in [6, 6.07) is 22.0. The van der Waals surface area contributed by atoms with Gasteiger partial charge >= 0.3 is 37.9 Å². The van der Waals surface area contributed by atoms with Crippen LogP contribution in [-0.4, -0.2) is 13.2 Å². The first-order chi connectivity index (χ1) is 27.9. The van der Waals surface area contributed by atoms with Crippen LogP contribution < -0.4 is 0 Å². The summed E-state index contributed by atoms with van der Waals surface area (Å²) in [5.41, 5.74) is 13.8. The number of methoxy groups -OCH3 is 1. The van der Waals surface area contributed by atoms with E-state index in [1.165, 1.54) is 96.7 Å². The van der Waals surface area contributed by atoms with Crippen LogP contribution >= 0.6 is 17.0 Å². The van der Waals surface area contributed by atoms with Gasteiger partial charge in [0.2, 0.25) is 0 Å². The monoisotopic (exact) mass is 949 g/mol. The average molecular weight is 951 g/mol. The Balaban J connectivity index is 0.000000284. The van der Waals surface area contributed by atoms with Crippen LogP contribution in [0.3, 0.4) is 0 Å². The number of benzene rings is 3. The molecule has 0 saturated heterocycles. The van der Waals surface area contributed by atoms with Gasteiger partial charge in [-0.3, -0.25) is 0 Å². The SMILES string of the molecule is CCC.COC1C(c2cc(C)cc(C)c2)C2CC(C)CC2CC1C(C)(C)C.Cc1cc(C)cc(C2C3CCCC3C(c3cc(C)cc(C)c3)C3CC(C)CC32)c1.[CH3-].[CH3-].[Cl][Zr+2][Cl]. The van der Waals surface area contributed by atoms with E-state index < -0.39 is 20.8 Å². The van der Waals surface area contributed by atoms with Gasteiger partial charge in [-0.2, -0.15) is 0 Å². The van der Waals surface area contributed by atoms with Crippen molar-refractivity contribution in [2.24, 2.45) is 58.7 Å². The zero-order valence-electron chi connectivity index (χ0n) is 41.7. The third-order valence-corrected chi connectivity index (χ3v) is 15.4. The van der Waals surface area contributed by atoms with E-state index in [0.717, 1.165) is 59.2 Å². The van der Waals surface area contributed by atoms with E-state index in [1.807, 2.05) is 7.11 Å². The molecule has 12 unspecified atom stereocenters. The molecule has 1 nitrogen and oxygen atoms in total. The van der Waals surface area contributed by atoms with Crippen molar-refractivity contribution in [1.29, 1.82) is 0 Å². The number of fused-ring (bicyclic) bond motifs is 3. The fourth-order valence-corrected chi connectivity index (χ4v) is 14.0. The molecule has 5 saturated carbocycles. The molecule has 5 aliphatic carbocycles. The molecule has 12 atom stereocenters. The molecule has 8 rings (SSSR count). The number of hydrogen-bond acceptors (Lipinski definition) is 1. The van der Waals surface area contributed by atoms with Gasteiger partial charge in [-0.05, 0) is 174 Å². The zero-order chi connectivity index (χ0) is 43.3. The fourth-order valence-electron chi connectivity index (χ4n) is 14.0. The van der Waals surface area contributed by atoms with Crippen LogP contribution in [0, 0.1) is 115 Å². The van der Waals surface area contributed by atoms with E-state index in [4.69, 9.17) is 21.8 Å². The van der Waals surface area contributed by atoms with Gasteiger partial charge in [-0.15, -0.1) is 0 Å². The second-order valence-electron chi connectivity index (χ2n) is 21.7. The van der Waals surface area contributed by atoms with E-state index >= 15 is 0 Å². The first-order valence-corrected chi connectivity index (χ1v) is 30.0. The molecule has 5 fully saturated rings. The minimum absolute atomic E-state index is 0. The zero-order valence-corrected chi connectivity index (χ0v) is 45.7. The molecule has 61 heavy (non-hydrogen) atoms. The van der Waals surface area contributed by atoms with Crippen molar-refractivity contribution in [3.05, 3.63) is 120 Å². The van der Waals surface area contributed by atoms with Crippen molar-refractivity contribution in [3.63, 3.8) is 0 Å². The Morgan fingerprint density at radius 2 is 0.869 bits per heavy atom. The van der Waals surface area contributed by atoms with Crippen molar-refractivity contribution >= 4 is 17.0 Å². The van der Waals surface area contributed by atoms with Crippen LogP contribution in [0.4, 0.5) is 0 Å². The third-order valence-electron chi connectivity index (χ3n) is 15.4. The third kappa shape index (κ3) is 13.1. The maximum absolute atomic E-state index is 6.22. The van der Waals surface area contributed by atoms with Crippen LogP contribution in [0.15, 0.2) is 54.6 Å². The van der Waals surface area contributed by atoms with Crippen molar-refractivity contribution in [2.45, 2.75) is 172 Å². The number of halogens is 2. The summed E-state index contributed by atoms with van der Waals surface area (Å²) in [6.07, 6.45) is 12.9. The summed E-state index contributed by atoms with van der Waals surface area (Å²) in [5.74, 6) is 9.70. The second kappa shape index (κ2) is 24.0. The average Bonchev–Trinajstić information content (AvgIpc) is 3.86. The van der Waals surface area contributed by atoms with E-state index in [9.17, 15) is 0 Å². The molecule has 0 heterocycles. The van der Waals surface area contributed by atoms with E-state index in [1.54, 1.807) is 11.1 Å². The maximum atomic E-state index is 6.22. The standard InChI is InChI=1S/C29H38.C23H36O.C3H8.2CH3.2ClH.Zr/c1-17-9-18(2)12-22(11-17)28-24-7-6-8-25(24)29(27-16-21(5)15-26(27)28)23-13-19(3)10-20(4)14-23;1-14-8-15(2)11-18(10-14)21-19-12-16(3)9-17(19)13-20(22(21)24-7)23(4,5)6;1-3-2;;;;;/h9-14,21,24-29H,6-8,15-16H2,1-5H3;8,10-11,16-17,19-22H,9,12-13H2,1-7H3;3H2,1-2H3;2*1H3;2*1H;/q;;;2*-1;;;+4/p-2. The number of ether oxygens (including phenoxy) is 1.